The predicted molar refractivity (Wildman–Crippen MR) is 78.6 cm³/mol. The number of carbonyl (C=O) groups excluding carboxylic acids is 1. The molecule has 2 rings (SSSR count). The lowest BCUT2D eigenvalue weighted by Gasteiger charge is -2.25. The van der Waals surface area contributed by atoms with Crippen molar-refractivity contribution in [1.29, 1.82) is 0 Å². The summed E-state index contributed by atoms with van der Waals surface area (Å²) in [7, 11) is 1.65. The molecule has 0 saturated carbocycles. The molecule has 6 heteroatoms. The van der Waals surface area contributed by atoms with Crippen molar-refractivity contribution in [1.82, 2.24) is 5.32 Å². The number of methoxy groups -OCH3 is 1. The fourth-order valence-electron chi connectivity index (χ4n) is 1.88. The molecule has 110 valence electrons. The van der Waals surface area contributed by atoms with Crippen molar-refractivity contribution < 1.29 is 19.0 Å². The van der Waals surface area contributed by atoms with Crippen molar-refractivity contribution in [3.63, 3.8) is 0 Å². The molecule has 0 aromatic heterocycles. The first kappa shape index (κ1) is 15.1. The number of rotatable bonds is 6. The Hall–Kier alpha value is -1.27. The Bertz CT molecular complexity index is 455. The summed E-state index contributed by atoms with van der Waals surface area (Å²) in [5.41, 5.74) is 0. The SMILES string of the molecule is COCC(Br)CCNC(=O)C1COc2ccccc2O1. The number of halogens is 1. The van der Waals surface area contributed by atoms with E-state index in [0.717, 1.165) is 6.42 Å². The number of fused-ring (bicyclic) bond motifs is 1. The highest BCUT2D eigenvalue weighted by molar-refractivity contribution is 9.09. The lowest BCUT2D eigenvalue weighted by Crippen LogP contribution is -2.44. The van der Waals surface area contributed by atoms with E-state index in [1.165, 1.54) is 0 Å². The van der Waals surface area contributed by atoms with E-state index in [2.05, 4.69) is 21.2 Å². The van der Waals surface area contributed by atoms with Gasteiger partial charge in [-0.1, -0.05) is 28.1 Å². The van der Waals surface area contributed by atoms with E-state index in [-0.39, 0.29) is 17.3 Å². The Morgan fingerprint density at radius 2 is 2.25 bits per heavy atom. The number of para-hydroxylation sites is 2. The zero-order chi connectivity index (χ0) is 14.4. The number of hydrogen-bond acceptors (Lipinski definition) is 4. The lowest BCUT2D eigenvalue weighted by molar-refractivity contribution is -0.130. The van der Waals surface area contributed by atoms with Gasteiger partial charge < -0.3 is 19.5 Å². The van der Waals surface area contributed by atoms with Crippen molar-refractivity contribution in [2.75, 3.05) is 26.9 Å². The predicted octanol–water partition coefficient (Wildman–Crippen LogP) is 1.74. The third-order valence-electron chi connectivity index (χ3n) is 2.91. The molecule has 2 atom stereocenters. The molecule has 1 aliphatic rings. The second-order valence-corrected chi connectivity index (χ2v) is 5.79. The van der Waals surface area contributed by atoms with Crippen molar-refractivity contribution >= 4 is 21.8 Å². The lowest BCUT2D eigenvalue weighted by atomic mass is 10.2. The number of ether oxygens (including phenoxy) is 3. The second-order valence-electron chi connectivity index (χ2n) is 4.50. The molecule has 5 nitrogen and oxygen atoms in total. The molecule has 0 spiro atoms. The summed E-state index contributed by atoms with van der Waals surface area (Å²) < 4.78 is 16.1. The Morgan fingerprint density at radius 1 is 1.50 bits per heavy atom. The summed E-state index contributed by atoms with van der Waals surface area (Å²) in [6.07, 6.45) is 0.199. The van der Waals surface area contributed by atoms with Gasteiger partial charge in [-0.15, -0.1) is 0 Å². The first-order valence-electron chi connectivity index (χ1n) is 6.50. The molecule has 0 fully saturated rings. The van der Waals surface area contributed by atoms with E-state index in [1.807, 2.05) is 18.2 Å². The highest BCUT2D eigenvalue weighted by Gasteiger charge is 2.26. The van der Waals surface area contributed by atoms with Crippen molar-refractivity contribution in [2.45, 2.75) is 17.4 Å². The maximum Gasteiger partial charge on any atom is 0.264 e. The van der Waals surface area contributed by atoms with E-state index in [4.69, 9.17) is 14.2 Å². The molecule has 0 aliphatic carbocycles. The number of benzene rings is 1. The smallest absolute Gasteiger partial charge is 0.264 e. The third-order valence-corrected chi connectivity index (χ3v) is 3.63. The van der Waals surface area contributed by atoms with Crippen LogP contribution < -0.4 is 14.8 Å². The molecule has 20 heavy (non-hydrogen) atoms. The fraction of sp³-hybridized carbons (Fsp3) is 0.500. The van der Waals surface area contributed by atoms with Crippen LogP contribution in [0, 0.1) is 0 Å². The van der Waals surface area contributed by atoms with Crippen LogP contribution in [0.2, 0.25) is 0 Å². The molecular formula is C14H18BrNO4. The molecular weight excluding hydrogens is 326 g/mol. The van der Waals surface area contributed by atoms with E-state index in [9.17, 15) is 4.79 Å². The highest BCUT2D eigenvalue weighted by Crippen LogP contribution is 2.30. The van der Waals surface area contributed by atoms with Gasteiger partial charge in [0.1, 0.15) is 6.61 Å². The van der Waals surface area contributed by atoms with Crippen LogP contribution in [0.3, 0.4) is 0 Å². The highest BCUT2D eigenvalue weighted by atomic mass is 79.9. The van der Waals surface area contributed by atoms with E-state index < -0.39 is 6.10 Å². The van der Waals surface area contributed by atoms with Crippen LogP contribution in [0.15, 0.2) is 24.3 Å². The molecule has 1 aromatic rings. The molecule has 1 aliphatic heterocycles. The van der Waals surface area contributed by atoms with Gasteiger partial charge in [-0.25, -0.2) is 0 Å². The number of nitrogens with one attached hydrogen (secondary N) is 1. The zero-order valence-electron chi connectivity index (χ0n) is 11.3. The van der Waals surface area contributed by atoms with Crippen LogP contribution in [-0.4, -0.2) is 43.7 Å². The molecule has 0 radical (unpaired) electrons. The maximum atomic E-state index is 12.0. The number of hydrogen-bond donors (Lipinski definition) is 1. The second kappa shape index (κ2) is 7.50. The Kier molecular flexibility index (Phi) is 5.67. The van der Waals surface area contributed by atoms with Gasteiger partial charge in [0.05, 0.1) is 6.61 Å². The molecule has 2 unspecified atom stereocenters. The van der Waals surface area contributed by atoms with Gasteiger partial charge in [0.15, 0.2) is 11.5 Å². The van der Waals surface area contributed by atoms with Gasteiger partial charge in [-0.05, 0) is 18.6 Å². The average molecular weight is 344 g/mol. The summed E-state index contributed by atoms with van der Waals surface area (Å²) in [6.45, 7) is 1.42. The number of amides is 1. The monoisotopic (exact) mass is 343 g/mol. The Labute approximate surface area is 126 Å². The average Bonchev–Trinajstić information content (AvgIpc) is 2.47. The van der Waals surface area contributed by atoms with Gasteiger partial charge in [0.2, 0.25) is 6.10 Å². The molecule has 1 amide bonds. The minimum Gasteiger partial charge on any atom is -0.485 e. The van der Waals surface area contributed by atoms with Crippen molar-refractivity contribution in [2.24, 2.45) is 0 Å². The topological polar surface area (TPSA) is 56.8 Å². The van der Waals surface area contributed by atoms with Crippen LogP contribution in [0.1, 0.15) is 6.42 Å². The molecule has 1 heterocycles. The fourth-order valence-corrected chi connectivity index (χ4v) is 2.37. The maximum absolute atomic E-state index is 12.0. The normalized spacial score (nSPS) is 18.4. The molecule has 1 N–H and O–H groups in total. The zero-order valence-corrected chi connectivity index (χ0v) is 12.9. The summed E-state index contributed by atoms with van der Waals surface area (Å²) in [5.74, 6) is 1.13. The summed E-state index contributed by atoms with van der Waals surface area (Å²) in [6, 6.07) is 7.34. The van der Waals surface area contributed by atoms with Crippen molar-refractivity contribution in [3.05, 3.63) is 24.3 Å². The van der Waals surface area contributed by atoms with Crippen LogP contribution in [0.5, 0.6) is 11.5 Å². The summed E-state index contributed by atoms with van der Waals surface area (Å²) in [4.78, 5) is 12.2. The summed E-state index contributed by atoms with van der Waals surface area (Å²) >= 11 is 3.47. The number of alkyl halides is 1. The summed E-state index contributed by atoms with van der Waals surface area (Å²) in [5, 5.41) is 2.84. The minimum absolute atomic E-state index is 0.156. The Morgan fingerprint density at radius 3 is 3.00 bits per heavy atom. The van der Waals surface area contributed by atoms with Crippen LogP contribution in [0.4, 0.5) is 0 Å². The van der Waals surface area contributed by atoms with E-state index in [1.54, 1.807) is 13.2 Å². The van der Waals surface area contributed by atoms with Gasteiger partial charge in [-0.3, -0.25) is 4.79 Å². The Balaban J connectivity index is 1.77. The van der Waals surface area contributed by atoms with E-state index in [0.29, 0.717) is 24.7 Å². The van der Waals surface area contributed by atoms with Gasteiger partial charge in [0.25, 0.3) is 5.91 Å². The quantitative estimate of drug-likeness (QED) is 0.799. The molecule has 0 bridgehead atoms. The van der Waals surface area contributed by atoms with Gasteiger partial charge >= 0.3 is 0 Å². The minimum atomic E-state index is -0.596. The first-order valence-corrected chi connectivity index (χ1v) is 7.41. The molecule has 1 aromatic carbocycles. The third kappa shape index (κ3) is 4.11. The van der Waals surface area contributed by atoms with E-state index >= 15 is 0 Å². The van der Waals surface area contributed by atoms with Crippen LogP contribution in [-0.2, 0) is 9.53 Å². The molecule has 0 saturated heterocycles. The number of carbonyl (C=O) groups is 1. The standard InChI is InChI=1S/C14H18BrNO4/c1-18-8-10(15)6-7-16-14(17)13-9-19-11-4-2-3-5-12(11)20-13/h2-5,10,13H,6-9H2,1H3,(H,16,17). The largest absolute Gasteiger partial charge is 0.485 e. The van der Waals surface area contributed by atoms with Crippen LogP contribution in [0.25, 0.3) is 0 Å². The van der Waals surface area contributed by atoms with Gasteiger partial charge in [0, 0.05) is 18.5 Å². The first-order chi connectivity index (χ1) is 9.70. The van der Waals surface area contributed by atoms with Crippen LogP contribution >= 0.6 is 15.9 Å². The van der Waals surface area contributed by atoms with Crippen molar-refractivity contribution in [3.8, 4) is 11.5 Å². The van der Waals surface area contributed by atoms with Gasteiger partial charge in [-0.2, -0.15) is 0 Å².